The van der Waals surface area contributed by atoms with Crippen molar-refractivity contribution in [3.05, 3.63) is 0 Å². The Balaban J connectivity index is -0.000000163. The summed E-state index contributed by atoms with van der Waals surface area (Å²) in [6, 6.07) is 0. The van der Waals surface area contributed by atoms with E-state index in [0.717, 1.165) is 0 Å². The maximum absolute atomic E-state index is 6.13. The normalized spacial score (nSPS) is 11.1. The van der Waals surface area contributed by atoms with Gasteiger partial charge < -0.3 is 12.3 Å². The Morgan fingerprint density at radius 1 is 0.579 bits per heavy atom. The van der Waals surface area contributed by atoms with Crippen molar-refractivity contribution in [1.82, 2.24) is 0 Å². The van der Waals surface area contributed by atoms with E-state index < -0.39 is 35.2 Å². The Kier molecular flexibility index (Phi) is 26.0. The Bertz CT molecular complexity index is 188. The van der Waals surface area contributed by atoms with Gasteiger partial charge in [-0.2, -0.15) is 0 Å². The molecule has 3 nitrogen and oxygen atoms in total. The Morgan fingerprint density at radius 2 is 0.789 bits per heavy atom. The van der Waals surface area contributed by atoms with Crippen LogP contribution in [-0.4, -0.2) is 35.2 Å². The van der Waals surface area contributed by atoms with Crippen LogP contribution in [0.15, 0.2) is 0 Å². The van der Waals surface area contributed by atoms with Crippen LogP contribution in [0.5, 0.6) is 0 Å². The molecule has 0 aromatic heterocycles. The van der Waals surface area contributed by atoms with Crippen molar-refractivity contribution < 1.29 is 86.6 Å². The quantitative estimate of drug-likeness (QED) is 0.543. The third-order valence-electron chi connectivity index (χ3n) is 1.39. The average Bonchev–Trinajstić information content (AvgIpc) is 1.73. The molecule has 0 aliphatic heterocycles. The molecule has 0 rings (SSSR count). The average molecular weight is 484 g/mol. The van der Waals surface area contributed by atoms with E-state index in [2.05, 4.69) is 52.4 Å². The first-order valence-corrected chi connectivity index (χ1v) is 15.7. The van der Waals surface area contributed by atoms with Gasteiger partial charge in [0.1, 0.15) is 0 Å². The minimum absolute atomic E-state index is 0. The molecule has 0 bridgehead atoms. The molecule has 0 unspecified atom stereocenters. The molecule has 0 aliphatic rings. The zero-order valence-electron chi connectivity index (χ0n) is 13.0. The predicted octanol–water partition coefficient (Wildman–Crippen LogP) is 2.93. The minimum atomic E-state index is -1.97. The summed E-state index contributed by atoms with van der Waals surface area (Å²) in [6.45, 7) is 17.0. The maximum atomic E-state index is 6.13. The van der Waals surface area contributed by atoms with Crippen molar-refractivity contribution >= 4 is 35.2 Å². The van der Waals surface area contributed by atoms with Gasteiger partial charge in [-0.3, -0.25) is 0 Å². The van der Waals surface area contributed by atoms with Crippen molar-refractivity contribution in [3.8, 4) is 0 Å². The predicted molar refractivity (Wildman–Crippen MR) is 73.2 cm³/mol. The van der Waals surface area contributed by atoms with Gasteiger partial charge >= 0.3 is 17.1 Å². The first-order chi connectivity index (χ1) is 6.54. The van der Waals surface area contributed by atoms with Gasteiger partial charge in [0.05, 0.1) is 0 Å². The first kappa shape index (κ1) is 33.6. The fourth-order valence-corrected chi connectivity index (χ4v) is 15.3. The molecular formula is C8H24O3Si4V4. The summed E-state index contributed by atoms with van der Waals surface area (Å²) in [4.78, 5) is 0. The monoisotopic (exact) mass is 484 g/mol. The Hall–Kier alpha value is 3.09. The summed E-state index contributed by atoms with van der Waals surface area (Å²) in [5.41, 5.74) is 0. The number of hydrogen-bond acceptors (Lipinski definition) is 3. The van der Waals surface area contributed by atoms with E-state index in [4.69, 9.17) is 12.3 Å². The summed E-state index contributed by atoms with van der Waals surface area (Å²) in [6.07, 6.45) is 0. The third-order valence-corrected chi connectivity index (χ3v) is 12.5. The smallest absolute Gasteiger partial charge is 0.312 e. The van der Waals surface area contributed by atoms with Crippen LogP contribution in [0, 0.1) is 0 Å². The zero-order chi connectivity index (χ0) is 12.3. The van der Waals surface area contributed by atoms with Crippen molar-refractivity contribution in [1.29, 1.82) is 0 Å². The fourth-order valence-electron chi connectivity index (χ4n) is 1.62. The molecule has 0 amide bonds. The molecule has 11 heteroatoms. The van der Waals surface area contributed by atoms with E-state index >= 15 is 0 Å². The Morgan fingerprint density at radius 3 is 0.947 bits per heavy atom. The summed E-state index contributed by atoms with van der Waals surface area (Å²) in [7, 11) is -5.30. The van der Waals surface area contributed by atoms with Crippen LogP contribution in [0.25, 0.3) is 0 Å². The van der Waals surface area contributed by atoms with Gasteiger partial charge in [-0.15, -0.1) is 0 Å². The molecule has 0 N–H and O–H groups in total. The van der Waals surface area contributed by atoms with Gasteiger partial charge in [0.25, 0.3) is 0 Å². The SMILES string of the molecule is C[Si](C)O[Si](C)(C)O[Si](C)(C)O[Si](C)C.[V].[V].[V].[V]. The minimum Gasteiger partial charge on any atom is -0.437 e. The molecule has 110 valence electrons. The summed E-state index contributed by atoms with van der Waals surface area (Å²) < 4.78 is 18.0. The maximum Gasteiger partial charge on any atom is 0.312 e. The van der Waals surface area contributed by atoms with Crippen LogP contribution in [-0.2, 0) is 86.6 Å². The zero-order valence-corrected chi connectivity index (χ0v) is 22.6. The standard InChI is InChI=1S/C8H24O3Si4.4V/c1-12(2)9-14(5,6)11-15(7,8)10-13(3)4;;;;/h1-8H3;;;;. The van der Waals surface area contributed by atoms with Crippen molar-refractivity contribution in [3.63, 3.8) is 0 Å². The second-order valence-corrected chi connectivity index (χ2v) is 16.6. The van der Waals surface area contributed by atoms with Crippen molar-refractivity contribution in [2.24, 2.45) is 0 Å². The van der Waals surface area contributed by atoms with Gasteiger partial charge in [-0.1, -0.05) is 0 Å². The van der Waals surface area contributed by atoms with Crippen LogP contribution in [0.3, 0.4) is 0 Å². The largest absolute Gasteiger partial charge is 0.437 e. The van der Waals surface area contributed by atoms with Crippen LogP contribution < -0.4 is 0 Å². The van der Waals surface area contributed by atoms with Gasteiger partial charge in [0, 0.05) is 74.2 Å². The van der Waals surface area contributed by atoms with Gasteiger partial charge in [-0.05, 0) is 52.4 Å². The summed E-state index contributed by atoms with van der Waals surface area (Å²) >= 11 is 0. The van der Waals surface area contributed by atoms with Crippen LogP contribution in [0.4, 0.5) is 0 Å². The molecule has 0 aromatic carbocycles. The van der Waals surface area contributed by atoms with Gasteiger partial charge in [-0.25, -0.2) is 0 Å². The molecule has 0 spiro atoms. The van der Waals surface area contributed by atoms with Crippen LogP contribution in [0.2, 0.25) is 52.4 Å². The van der Waals surface area contributed by atoms with Crippen LogP contribution >= 0.6 is 0 Å². The molecular weight excluding hydrogens is 460 g/mol. The van der Waals surface area contributed by atoms with E-state index in [-0.39, 0.29) is 74.2 Å². The molecule has 0 saturated heterocycles. The van der Waals surface area contributed by atoms with E-state index in [1.54, 1.807) is 0 Å². The van der Waals surface area contributed by atoms with E-state index in [1.807, 2.05) is 0 Å². The number of hydrogen-bond donors (Lipinski definition) is 0. The second kappa shape index (κ2) is 14.7. The van der Waals surface area contributed by atoms with E-state index in [0.29, 0.717) is 0 Å². The van der Waals surface area contributed by atoms with Crippen molar-refractivity contribution in [2.75, 3.05) is 0 Å². The topological polar surface area (TPSA) is 27.7 Å². The molecule has 0 aliphatic carbocycles. The van der Waals surface area contributed by atoms with E-state index in [9.17, 15) is 0 Å². The van der Waals surface area contributed by atoms with Gasteiger partial charge in [0.2, 0.25) is 0 Å². The third kappa shape index (κ3) is 21.1. The molecule has 0 fully saturated rings. The molecule has 0 atom stereocenters. The fraction of sp³-hybridized carbons (Fsp3) is 1.00. The summed E-state index contributed by atoms with van der Waals surface area (Å²) in [5.74, 6) is 0. The van der Waals surface area contributed by atoms with Crippen LogP contribution in [0.1, 0.15) is 0 Å². The van der Waals surface area contributed by atoms with Gasteiger partial charge in [0.15, 0.2) is 18.1 Å². The second-order valence-electron chi connectivity index (χ2n) is 4.92. The van der Waals surface area contributed by atoms with Crippen molar-refractivity contribution in [2.45, 2.75) is 52.4 Å². The molecule has 6 radical (unpaired) electrons. The molecule has 0 saturated carbocycles. The number of rotatable bonds is 6. The summed E-state index contributed by atoms with van der Waals surface area (Å²) in [5, 5.41) is 0. The molecule has 0 heterocycles. The first-order valence-electron chi connectivity index (χ1n) is 5.22. The molecule has 0 aromatic rings. The van der Waals surface area contributed by atoms with E-state index in [1.165, 1.54) is 0 Å². The molecule has 19 heavy (non-hydrogen) atoms. The Labute approximate surface area is 172 Å².